The summed E-state index contributed by atoms with van der Waals surface area (Å²) in [6, 6.07) is 0. The molecule has 2 unspecified atom stereocenters. The molecular formula is C11H12. The molecule has 1 saturated carbocycles. The zero-order chi connectivity index (χ0) is 7.84. The molecule has 2 rings (SSSR count). The fourth-order valence-electron chi connectivity index (χ4n) is 1.64. The molecule has 2 atom stereocenters. The first-order chi connectivity index (χ1) is 5.35. The Morgan fingerprint density at radius 2 is 1.55 bits per heavy atom. The molecule has 0 aromatic rings. The zero-order valence-electron chi connectivity index (χ0n) is 6.59. The summed E-state index contributed by atoms with van der Waals surface area (Å²) in [4.78, 5) is 0. The van der Waals surface area contributed by atoms with Crippen molar-refractivity contribution in [2.45, 2.75) is 6.42 Å². The van der Waals surface area contributed by atoms with Crippen molar-refractivity contribution in [3.8, 4) is 0 Å². The summed E-state index contributed by atoms with van der Waals surface area (Å²) in [7, 11) is 0. The molecule has 0 radical (unpaired) electrons. The first kappa shape index (κ1) is 6.66. The Balaban J connectivity index is 2.34. The van der Waals surface area contributed by atoms with Crippen LogP contribution in [0.5, 0.6) is 0 Å². The second-order valence-corrected chi connectivity index (χ2v) is 3.22. The molecule has 0 aromatic carbocycles. The first-order valence-corrected chi connectivity index (χ1v) is 4.04. The predicted octanol–water partition coefficient (Wildman–Crippen LogP) is 2.86. The van der Waals surface area contributed by atoms with Gasteiger partial charge in [-0.1, -0.05) is 37.5 Å². The SMILES string of the molecule is C=CC1=CC2CC2C=C1C=C. The van der Waals surface area contributed by atoms with Crippen LogP contribution in [0.3, 0.4) is 0 Å². The van der Waals surface area contributed by atoms with Crippen LogP contribution in [0.2, 0.25) is 0 Å². The van der Waals surface area contributed by atoms with Crippen molar-refractivity contribution in [3.05, 3.63) is 48.6 Å². The lowest BCUT2D eigenvalue weighted by Crippen LogP contribution is -1.91. The molecule has 56 valence electrons. The van der Waals surface area contributed by atoms with Gasteiger partial charge < -0.3 is 0 Å². The van der Waals surface area contributed by atoms with Gasteiger partial charge in [-0.25, -0.2) is 0 Å². The standard InChI is InChI=1S/C11H12/c1-3-8-5-10-7-11(10)6-9(8)4-2/h3-6,10-11H,1-2,7H2. The summed E-state index contributed by atoms with van der Waals surface area (Å²) >= 11 is 0. The lowest BCUT2D eigenvalue weighted by molar-refractivity contribution is 0.960. The van der Waals surface area contributed by atoms with E-state index in [1.54, 1.807) is 0 Å². The van der Waals surface area contributed by atoms with Gasteiger partial charge in [0, 0.05) is 0 Å². The third-order valence-corrected chi connectivity index (χ3v) is 2.45. The number of rotatable bonds is 2. The summed E-state index contributed by atoms with van der Waals surface area (Å²) in [5, 5.41) is 0. The minimum atomic E-state index is 0.812. The van der Waals surface area contributed by atoms with Crippen molar-refractivity contribution in [2.75, 3.05) is 0 Å². The van der Waals surface area contributed by atoms with E-state index in [9.17, 15) is 0 Å². The maximum Gasteiger partial charge on any atom is -0.0155 e. The van der Waals surface area contributed by atoms with Crippen LogP contribution in [-0.4, -0.2) is 0 Å². The normalized spacial score (nSPS) is 33.1. The van der Waals surface area contributed by atoms with Crippen LogP contribution in [0.25, 0.3) is 0 Å². The highest BCUT2D eigenvalue weighted by Gasteiger charge is 2.36. The molecule has 11 heavy (non-hydrogen) atoms. The number of hydrogen-bond acceptors (Lipinski definition) is 0. The Bertz CT molecular complexity index is 238. The maximum atomic E-state index is 3.78. The van der Waals surface area contributed by atoms with Crippen LogP contribution in [-0.2, 0) is 0 Å². The fraction of sp³-hybridized carbons (Fsp3) is 0.273. The van der Waals surface area contributed by atoms with Crippen LogP contribution < -0.4 is 0 Å². The van der Waals surface area contributed by atoms with Crippen molar-refractivity contribution in [1.82, 2.24) is 0 Å². The quantitative estimate of drug-likeness (QED) is 0.559. The monoisotopic (exact) mass is 144 g/mol. The van der Waals surface area contributed by atoms with Gasteiger partial charge in [0.1, 0.15) is 0 Å². The molecule has 1 fully saturated rings. The van der Waals surface area contributed by atoms with E-state index in [-0.39, 0.29) is 0 Å². The Morgan fingerprint density at radius 1 is 1.09 bits per heavy atom. The van der Waals surface area contributed by atoms with E-state index in [1.807, 2.05) is 12.2 Å². The number of allylic oxidation sites excluding steroid dienone is 6. The van der Waals surface area contributed by atoms with Crippen molar-refractivity contribution in [2.24, 2.45) is 11.8 Å². The van der Waals surface area contributed by atoms with E-state index >= 15 is 0 Å². The van der Waals surface area contributed by atoms with Crippen molar-refractivity contribution in [1.29, 1.82) is 0 Å². The Labute approximate surface area is 67.6 Å². The van der Waals surface area contributed by atoms with E-state index in [1.165, 1.54) is 17.6 Å². The van der Waals surface area contributed by atoms with Crippen LogP contribution in [0.15, 0.2) is 48.6 Å². The molecule has 0 aromatic heterocycles. The van der Waals surface area contributed by atoms with Crippen molar-refractivity contribution >= 4 is 0 Å². The molecule has 2 aliphatic carbocycles. The van der Waals surface area contributed by atoms with Crippen LogP contribution in [0.1, 0.15) is 6.42 Å². The fourth-order valence-corrected chi connectivity index (χ4v) is 1.64. The molecule has 0 nitrogen and oxygen atoms in total. The second-order valence-electron chi connectivity index (χ2n) is 3.22. The van der Waals surface area contributed by atoms with Gasteiger partial charge in [-0.3, -0.25) is 0 Å². The maximum absolute atomic E-state index is 3.78. The third kappa shape index (κ3) is 0.988. The Kier molecular flexibility index (Phi) is 1.35. The molecule has 0 saturated heterocycles. The predicted molar refractivity (Wildman–Crippen MR) is 48.2 cm³/mol. The smallest absolute Gasteiger partial charge is 0.0155 e. The van der Waals surface area contributed by atoms with E-state index in [2.05, 4.69) is 25.3 Å². The lowest BCUT2D eigenvalue weighted by atomic mass is 9.98. The minimum absolute atomic E-state index is 0.812. The largest absolute Gasteiger partial charge is 0.0985 e. The summed E-state index contributed by atoms with van der Waals surface area (Å²) in [5.74, 6) is 1.62. The minimum Gasteiger partial charge on any atom is -0.0985 e. The van der Waals surface area contributed by atoms with Gasteiger partial charge in [0.25, 0.3) is 0 Å². The van der Waals surface area contributed by atoms with E-state index in [0.717, 1.165) is 11.8 Å². The molecular weight excluding hydrogens is 132 g/mol. The van der Waals surface area contributed by atoms with Crippen molar-refractivity contribution in [3.63, 3.8) is 0 Å². The highest BCUT2D eigenvalue weighted by molar-refractivity contribution is 5.50. The molecule has 2 aliphatic rings. The molecule has 0 amide bonds. The Hall–Kier alpha value is -1.04. The molecule has 0 spiro atoms. The van der Waals surface area contributed by atoms with Gasteiger partial charge in [0.05, 0.1) is 0 Å². The van der Waals surface area contributed by atoms with Gasteiger partial charge >= 0.3 is 0 Å². The molecule has 0 N–H and O–H groups in total. The molecule has 0 heterocycles. The summed E-state index contributed by atoms with van der Waals surface area (Å²) in [6.07, 6.45) is 9.79. The van der Waals surface area contributed by atoms with E-state index in [4.69, 9.17) is 0 Å². The third-order valence-electron chi connectivity index (χ3n) is 2.45. The molecule has 0 aliphatic heterocycles. The van der Waals surface area contributed by atoms with Crippen LogP contribution in [0, 0.1) is 11.8 Å². The van der Waals surface area contributed by atoms with Crippen molar-refractivity contribution < 1.29 is 0 Å². The van der Waals surface area contributed by atoms with Crippen LogP contribution >= 0.6 is 0 Å². The van der Waals surface area contributed by atoms with Gasteiger partial charge in [-0.15, -0.1) is 0 Å². The summed E-state index contributed by atoms with van der Waals surface area (Å²) in [5.41, 5.74) is 2.53. The van der Waals surface area contributed by atoms with Gasteiger partial charge in [-0.05, 0) is 29.4 Å². The average molecular weight is 144 g/mol. The molecule has 0 heteroatoms. The summed E-state index contributed by atoms with van der Waals surface area (Å²) in [6.45, 7) is 7.56. The topological polar surface area (TPSA) is 0 Å². The second kappa shape index (κ2) is 2.23. The lowest BCUT2D eigenvalue weighted by Gasteiger charge is -2.07. The Morgan fingerprint density at radius 3 is 1.91 bits per heavy atom. The van der Waals surface area contributed by atoms with Gasteiger partial charge in [0.2, 0.25) is 0 Å². The average Bonchev–Trinajstić information content (AvgIpc) is 2.79. The highest BCUT2D eigenvalue weighted by Crippen LogP contribution is 2.46. The summed E-state index contributed by atoms with van der Waals surface area (Å²) < 4.78 is 0. The highest BCUT2D eigenvalue weighted by atomic mass is 14.4. The number of hydrogen-bond donors (Lipinski definition) is 0. The number of fused-ring (bicyclic) bond motifs is 1. The van der Waals surface area contributed by atoms with Gasteiger partial charge in [-0.2, -0.15) is 0 Å². The first-order valence-electron chi connectivity index (χ1n) is 4.04. The zero-order valence-corrected chi connectivity index (χ0v) is 6.59. The van der Waals surface area contributed by atoms with E-state index in [0.29, 0.717) is 0 Å². The van der Waals surface area contributed by atoms with E-state index < -0.39 is 0 Å². The van der Waals surface area contributed by atoms with Crippen LogP contribution in [0.4, 0.5) is 0 Å². The molecule has 0 bridgehead atoms. The van der Waals surface area contributed by atoms with Gasteiger partial charge in [0.15, 0.2) is 0 Å².